The lowest BCUT2D eigenvalue weighted by Crippen LogP contribution is -2.53. The molecule has 0 spiro atoms. The molecule has 0 aliphatic heterocycles. The summed E-state index contributed by atoms with van der Waals surface area (Å²) < 4.78 is 6.85. The quantitative estimate of drug-likeness (QED) is 0.185. The highest BCUT2D eigenvalue weighted by Gasteiger charge is 2.33. The Bertz CT molecular complexity index is 1520. The van der Waals surface area contributed by atoms with Crippen molar-refractivity contribution in [2.45, 2.75) is 57.2 Å². The highest BCUT2D eigenvalue weighted by atomic mass is 79.9. The molecule has 8 heteroatoms. The number of halogens is 3. The summed E-state index contributed by atoms with van der Waals surface area (Å²) in [5.41, 5.74) is 1.53. The Hall–Kier alpha value is -3.06. The highest BCUT2D eigenvalue weighted by molar-refractivity contribution is 9.10. The molecule has 1 aliphatic rings. The lowest BCUT2D eigenvalue weighted by Gasteiger charge is -2.33. The Kier molecular flexibility index (Phi) is 10.4. The molecule has 4 aromatic carbocycles. The van der Waals surface area contributed by atoms with Gasteiger partial charge in [-0.05, 0) is 63.3 Å². The molecule has 2 amide bonds. The summed E-state index contributed by atoms with van der Waals surface area (Å²) >= 11 is 16.8. The fraction of sp³-hybridized carbons (Fsp3) is 0.294. The number of carbonyl (C=O) groups is 2. The molecular weight excluding hydrogens is 635 g/mol. The summed E-state index contributed by atoms with van der Waals surface area (Å²) in [6, 6.07) is 26.0. The maximum atomic E-state index is 14.1. The molecule has 0 bridgehead atoms. The number of carbonyl (C=O) groups excluding carboxylic acids is 2. The Morgan fingerprint density at radius 2 is 1.57 bits per heavy atom. The first-order valence-corrected chi connectivity index (χ1v) is 15.8. The van der Waals surface area contributed by atoms with Crippen molar-refractivity contribution in [2.24, 2.45) is 0 Å². The minimum Gasteiger partial charge on any atom is -0.483 e. The maximum absolute atomic E-state index is 14.1. The summed E-state index contributed by atoms with van der Waals surface area (Å²) in [5.74, 6) is 0.0176. The van der Waals surface area contributed by atoms with E-state index in [1.54, 1.807) is 23.1 Å². The van der Waals surface area contributed by atoms with Crippen LogP contribution in [0.2, 0.25) is 10.0 Å². The van der Waals surface area contributed by atoms with Crippen molar-refractivity contribution in [3.8, 4) is 5.75 Å². The predicted molar refractivity (Wildman–Crippen MR) is 173 cm³/mol. The van der Waals surface area contributed by atoms with Gasteiger partial charge in [-0.15, -0.1) is 0 Å². The molecule has 0 heterocycles. The molecule has 218 valence electrons. The van der Waals surface area contributed by atoms with Gasteiger partial charge in [-0.2, -0.15) is 0 Å². The van der Waals surface area contributed by atoms with Crippen LogP contribution >= 0.6 is 39.1 Å². The van der Waals surface area contributed by atoms with Crippen LogP contribution in [0.5, 0.6) is 5.75 Å². The van der Waals surface area contributed by atoms with E-state index in [9.17, 15) is 9.59 Å². The first-order valence-electron chi connectivity index (χ1n) is 14.3. The third-order valence-corrected chi connectivity index (χ3v) is 9.32. The molecule has 5 rings (SSSR count). The number of hydrogen-bond donors (Lipinski definition) is 1. The molecule has 0 aromatic heterocycles. The first-order chi connectivity index (χ1) is 20.4. The van der Waals surface area contributed by atoms with Crippen molar-refractivity contribution in [1.29, 1.82) is 0 Å². The van der Waals surface area contributed by atoms with Crippen LogP contribution in [-0.4, -0.2) is 35.4 Å². The molecular formula is C34H33BrCl2N2O3. The summed E-state index contributed by atoms with van der Waals surface area (Å²) in [5, 5.41) is 6.15. The third-order valence-electron chi connectivity index (χ3n) is 7.79. The number of rotatable bonds is 10. The maximum Gasteiger partial charge on any atom is 0.261 e. The third kappa shape index (κ3) is 7.47. The molecule has 1 fully saturated rings. The molecule has 1 atom stereocenters. The zero-order valence-corrected chi connectivity index (χ0v) is 26.3. The topological polar surface area (TPSA) is 58.6 Å². The lowest BCUT2D eigenvalue weighted by molar-refractivity contribution is -0.143. The second-order valence-electron chi connectivity index (χ2n) is 10.7. The Morgan fingerprint density at radius 1 is 0.881 bits per heavy atom. The number of hydrogen-bond acceptors (Lipinski definition) is 3. The van der Waals surface area contributed by atoms with Crippen LogP contribution in [0.25, 0.3) is 10.8 Å². The van der Waals surface area contributed by atoms with Gasteiger partial charge in [-0.25, -0.2) is 0 Å². The van der Waals surface area contributed by atoms with E-state index in [4.69, 9.17) is 27.9 Å². The van der Waals surface area contributed by atoms with Gasteiger partial charge in [0.1, 0.15) is 11.8 Å². The molecule has 5 nitrogen and oxygen atoms in total. The van der Waals surface area contributed by atoms with Crippen LogP contribution in [-0.2, 0) is 22.6 Å². The Balaban J connectivity index is 1.46. The number of benzene rings is 4. The molecule has 4 aromatic rings. The van der Waals surface area contributed by atoms with Crippen molar-refractivity contribution >= 4 is 61.7 Å². The fourth-order valence-electron chi connectivity index (χ4n) is 5.50. The molecule has 1 aliphatic carbocycles. The molecule has 1 saturated carbocycles. The second kappa shape index (κ2) is 14.4. The molecule has 0 unspecified atom stereocenters. The zero-order valence-electron chi connectivity index (χ0n) is 23.2. The van der Waals surface area contributed by atoms with Crippen molar-refractivity contribution in [2.75, 3.05) is 6.61 Å². The van der Waals surface area contributed by atoms with E-state index in [-0.39, 0.29) is 31.0 Å². The normalized spacial score (nSPS) is 14.4. The van der Waals surface area contributed by atoms with Gasteiger partial charge in [-0.3, -0.25) is 9.59 Å². The van der Waals surface area contributed by atoms with E-state index in [0.717, 1.165) is 46.5 Å². The summed E-state index contributed by atoms with van der Waals surface area (Å²) in [6.45, 7) is -0.198. The minimum absolute atomic E-state index is 0.0647. The number of amides is 2. The highest BCUT2D eigenvalue weighted by Crippen LogP contribution is 2.33. The van der Waals surface area contributed by atoms with Crippen molar-refractivity contribution in [3.05, 3.63) is 111 Å². The van der Waals surface area contributed by atoms with Crippen LogP contribution in [0, 0.1) is 0 Å². The van der Waals surface area contributed by atoms with Gasteiger partial charge >= 0.3 is 0 Å². The molecule has 1 N–H and O–H groups in total. The summed E-state index contributed by atoms with van der Waals surface area (Å²) in [4.78, 5) is 29.6. The van der Waals surface area contributed by atoms with Crippen molar-refractivity contribution < 1.29 is 14.3 Å². The summed E-state index contributed by atoms with van der Waals surface area (Å²) in [6.07, 6.45) is 5.56. The van der Waals surface area contributed by atoms with Gasteiger partial charge in [0, 0.05) is 34.6 Å². The van der Waals surface area contributed by atoms with Gasteiger partial charge in [0.25, 0.3) is 5.91 Å². The molecule has 42 heavy (non-hydrogen) atoms. The van der Waals surface area contributed by atoms with Gasteiger partial charge in [0.2, 0.25) is 5.91 Å². The second-order valence-corrected chi connectivity index (χ2v) is 12.3. The number of nitrogens with zero attached hydrogens (tertiary/aromatic N) is 1. The molecule has 0 saturated heterocycles. The first kappa shape index (κ1) is 30.4. The average Bonchev–Trinajstić information content (AvgIpc) is 3.01. The lowest BCUT2D eigenvalue weighted by atomic mass is 9.94. The van der Waals surface area contributed by atoms with Crippen LogP contribution in [0.1, 0.15) is 43.2 Å². The summed E-state index contributed by atoms with van der Waals surface area (Å²) in [7, 11) is 0. The molecule has 0 radical (unpaired) electrons. The standard InChI is InChI=1S/C34H33BrCl2N2O3/c35-33-26-15-8-7-12-24(26)18-19-31(33)42-22-32(40)39(21-27-28(36)16-9-17-29(27)37)30(20-23-10-3-1-4-11-23)34(41)38-25-13-5-2-6-14-25/h1,3-4,7-12,15-19,25,30H,2,5-6,13-14,20-22H2,(H,38,41)/t30-/m1/s1. The average molecular weight is 668 g/mol. The largest absolute Gasteiger partial charge is 0.483 e. The number of fused-ring (bicyclic) bond motifs is 1. The van der Waals surface area contributed by atoms with E-state index < -0.39 is 6.04 Å². The van der Waals surface area contributed by atoms with E-state index in [2.05, 4.69) is 21.2 Å². The van der Waals surface area contributed by atoms with E-state index in [1.165, 1.54) is 6.42 Å². The predicted octanol–water partition coefficient (Wildman–Crippen LogP) is 8.38. The zero-order chi connectivity index (χ0) is 29.5. The van der Waals surface area contributed by atoms with Gasteiger partial charge in [-0.1, -0.05) is 109 Å². The van der Waals surface area contributed by atoms with Gasteiger partial charge < -0.3 is 15.0 Å². The number of nitrogens with one attached hydrogen (secondary N) is 1. The van der Waals surface area contributed by atoms with Crippen LogP contribution in [0.15, 0.2) is 89.4 Å². The smallest absolute Gasteiger partial charge is 0.261 e. The van der Waals surface area contributed by atoms with E-state index in [1.807, 2.05) is 66.7 Å². The fourth-order valence-corrected chi connectivity index (χ4v) is 6.62. The van der Waals surface area contributed by atoms with Gasteiger partial charge in [0.15, 0.2) is 6.61 Å². The van der Waals surface area contributed by atoms with Crippen LogP contribution in [0.4, 0.5) is 0 Å². The SMILES string of the molecule is O=C(NC1CCCCC1)[C@@H](Cc1ccccc1)N(Cc1c(Cl)cccc1Cl)C(=O)COc1ccc2ccccc2c1Br. The monoisotopic (exact) mass is 666 g/mol. The van der Waals surface area contributed by atoms with E-state index >= 15 is 0 Å². The Morgan fingerprint density at radius 3 is 2.31 bits per heavy atom. The number of ether oxygens (including phenoxy) is 1. The van der Waals surface area contributed by atoms with E-state index in [0.29, 0.717) is 27.8 Å². The van der Waals surface area contributed by atoms with Crippen LogP contribution in [0.3, 0.4) is 0 Å². The van der Waals surface area contributed by atoms with Crippen LogP contribution < -0.4 is 10.1 Å². The van der Waals surface area contributed by atoms with Gasteiger partial charge in [0.05, 0.1) is 4.47 Å². The van der Waals surface area contributed by atoms with Crippen molar-refractivity contribution in [1.82, 2.24) is 10.2 Å². The minimum atomic E-state index is -0.794. The van der Waals surface area contributed by atoms with Crippen molar-refractivity contribution in [3.63, 3.8) is 0 Å². The Labute approximate surface area is 265 Å².